The summed E-state index contributed by atoms with van der Waals surface area (Å²) in [7, 11) is 3.39. The van der Waals surface area contributed by atoms with Crippen molar-refractivity contribution in [1.82, 2.24) is 15.1 Å². The van der Waals surface area contributed by atoms with Gasteiger partial charge in [0.1, 0.15) is 11.4 Å². The van der Waals surface area contributed by atoms with Crippen LogP contribution in [-0.4, -0.2) is 73.5 Å². The van der Waals surface area contributed by atoms with Crippen LogP contribution in [-0.2, 0) is 9.53 Å². The van der Waals surface area contributed by atoms with E-state index >= 15 is 0 Å². The van der Waals surface area contributed by atoms with Gasteiger partial charge in [-0.2, -0.15) is 0 Å². The molecule has 1 rings (SSSR count). The molecular weight excluding hydrogens is 260 g/mol. The molecule has 0 aromatic heterocycles. The molecule has 0 bridgehead atoms. The van der Waals surface area contributed by atoms with Gasteiger partial charge >= 0.3 is 6.09 Å². The highest BCUT2D eigenvalue weighted by atomic mass is 16.6. The zero-order valence-corrected chi connectivity index (χ0v) is 12.9. The first-order valence-electron chi connectivity index (χ1n) is 6.64. The van der Waals surface area contributed by atoms with E-state index in [1.807, 2.05) is 20.8 Å². The van der Waals surface area contributed by atoms with E-state index in [1.165, 1.54) is 4.90 Å². The summed E-state index contributed by atoms with van der Waals surface area (Å²) in [4.78, 5) is 30.8. The average Bonchev–Trinajstić information content (AvgIpc) is 2.34. The largest absolute Gasteiger partial charge is 0.444 e. The molecule has 0 atom stereocenters. The fraction of sp³-hybridized carbons (Fsp3) is 0.769. The number of hydrogen-bond acceptors (Lipinski definition) is 5. The molecule has 114 valence electrons. The van der Waals surface area contributed by atoms with Crippen molar-refractivity contribution >= 4 is 17.8 Å². The van der Waals surface area contributed by atoms with Crippen molar-refractivity contribution in [3.8, 4) is 0 Å². The van der Waals surface area contributed by atoms with Gasteiger partial charge in [0.25, 0.3) is 0 Å². The lowest BCUT2D eigenvalue weighted by molar-refractivity contribution is -0.127. The highest BCUT2D eigenvalue weighted by molar-refractivity contribution is 5.91. The van der Waals surface area contributed by atoms with Crippen LogP contribution in [0.3, 0.4) is 0 Å². The minimum atomic E-state index is -0.514. The van der Waals surface area contributed by atoms with E-state index in [4.69, 9.17) is 4.74 Å². The van der Waals surface area contributed by atoms with Crippen LogP contribution in [0.1, 0.15) is 20.8 Å². The van der Waals surface area contributed by atoms with Crippen molar-refractivity contribution in [2.75, 3.05) is 40.3 Å². The summed E-state index contributed by atoms with van der Waals surface area (Å²) in [6.45, 7) is 7.05. The van der Waals surface area contributed by atoms with Crippen LogP contribution in [0.25, 0.3) is 0 Å². The predicted molar refractivity (Wildman–Crippen MR) is 76.8 cm³/mol. The number of carbonyl (C=O) groups excluding carboxylic acids is 2. The Bertz CT molecular complexity index is 399. The number of likely N-dealkylation sites (N-methyl/N-ethyl adjacent to an activating group) is 1. The van der Waals surface area contributed by atoms with Gasteiger partial charge in [-0.25, -0.2) is 4.79 Å². The number of amidine groups is 1. The summed E-state index contributed by atoms with van der Waals surface area (Å²) in [6.07, 6.45) is -0.356. The van der Waals surface area contributed by atoms with E-state index in [9.17, 15) is 9.59 Å². The number of hydrogen-bond donors (Lipinski definition) is 1. The second-order valence-electron chi connectivity index (χ2n) is 5.87. The lowest BCUT2D eigenvalue weighted by Gasteiger charge is -2.30. The fourth-order valence-electron chi connectivity index (χ4n) is 1.55. The number of nitrogens with one attached hydrogen (secondary N) is 1. The molecule has 1 N–H and O–H groups in total. The third kappa shape index (κ3) is 5.46. The van der Waals surface area contributed by atoms with Gasteiger partial charge in [0.2, 0.25) is 5.91 Å². The number of amides is 2. The SMILES string of the molecule is CN(C)C(=O)CNC1=NCCN(C(=O)OC(C)(C)C)C1. The lowest BCUT2D eigenvalue weighted by atomic mass is 10.2. The smallest absolute Gasteiger partial charge is 0.410 e. The molecule has 0 aromatic carbocycles. The summed E-state index contributed by atoms with van der Waals surface area (Å²) < 4.78 is 5.32. The third-order valence-corrected chi connectivity index (χ3v) is 2.61. The summed E-state index contributed by atoms with van der Waals surface area (Å²) in [5.74, 6) is 0.597. The van der Waals surface area contributed by atoms with Crippen LogP contribution < -0.4 is 5.32 Å². The molecule has 0 saturated heterocycles. The predicted octanol–water partition coefficient (Wildman–Crippen LogP) is 0.313. The van der Waals surface area contributed by atoms with Crippen LogP contribution in [0.5, 0.6) is 0 Å². The molecule has 1 heterocycles. The first kappa shape index (κ1) is 16.3. The summed E-state index contributed by atoms with van der Waals surface area (Å²) in [6, 6.07) is 0. The molecule has 0 spiro atoms. The van der Waals surface area contributed by atoms with Crippen LogP contribution in [0, 0.1) is 0 Å². The van der Waals surface area contributed by atoms with E-state index in [0.29, 0.717) is 25.5 Å². The number of aliphatic imine (C=N–C) groups is 1. The number of carbonyl (C=O) groups is 2. The molecule has 7 heteroatoms. The standard InChI is InChI=1S/C13H24N4O3/c1-13(2,3)20-12(19)17-7-6-14-10(9-17)15-8-11(18)16(4)5/h6-9H2,1-5H3,(H,14,15). The van der Waals surface area contributed by atoms with Gasteiger partial charge in [0, 0.05) is 20.6 Å². The first-order chi connectivity index (χ1) is 9.19. The summed E-state index contributed by atoms with van der Waals surface area (Å²) in [5, 5.41) is 2.96. The van der Waals surface area contributed by atoms with Crippen molar-refractivity contribution in [2.24, 2.45) is 4.99 Å². The minimum absolute atomic E-state index is 0.0397. The maximum Gasteiger partial charge on any atom is 0.410 e. The molecule has 0 radical (unpaired) electrons. The summed E-state index contributed by atoms with van der Waals surface area (Å²) in [5.41, 5.74) is -0.514. The molecule has 0 unspecified atom stereocenters. The van der Waals surface area contributed by atoms with Crippen molar-refractivity contribution in [3.05, 3.63) is 0 Å². The van der Waals surface area contributed by atoms with Crippen molar-refractivity contribution in [3.63, 3.8) is 0 Å². The summed E-state index contributed by atoms with van der Waals surface area (Å²) >= 11 is 0. The molecule has 0 fully saturated rings. The Balaban J connectivity index is 2.48. The average molecular weight is 284 g/mol. The molecule has 0 aromatic rings. The molecule has 0 aliphatic carbocycles. The Morgan fingerprint density at radius 1 is 1.40 bits per heavy atom. The molecule has 0 saturated carbocycles. The Kier molecular flexibility index (Phi) is 5.35. The van der Waals surface area contributed by atoms with Crippen LogP contribution in [0.4, 0.5) is 4.79 Å². The Morgan fingerprint density at radius 3 is 2.60 bits per heavy atom. The molecule has 1 aliphatic rings. The third-order valence-electron chi connectivity index (χ3n) is 2.61. The Hall–Kier alpha value is -1.79. The van der Waals surface area contributed by atoms with Gasteiger partial charge in [-0.05, 0) is 20.8 Å². The first-order valence-corrected chi connectivity index (χ1v) is 6.64. The molecule has 20 heavy (non-hydrogen) atoms. The molecule has 7 nitrogen and oxygen atoms in total. The van der Waals surface area contributed by atoms with E-state index in [2.05, 4.69) is 10.3 Å². The number of nitrogens with zero attached hydrogens (tertiary/aromatic N) is 3. The fourth-order valence-corrected chi connectivity index (χ4v) is 1.55. The van der Waals surface area contributed by atoms with Crippen molar-refractivity contribution in [1.29, 1.82) is 0 Å². The van der Waals surface area contributed by atoms with Gasteiger partial charge in [-0.1, -0.05) is 0 Å². The lowest BCUT2D eigenvalue weighted by Crippen LogP contribution is -2.48. The molecule has 2 amide bonds. The van der Waals surface area contributed by atoms with E-state index < -0.39 is 5.60 Å². The minimum Gasteiger partial charge on any atom is -0.444 e. The van der Waals surface area contributed by atoms with Gasteiger partial charge in [-0.3, -0.25) is 14.7 Å². The van der Waals surface area contributed by atoms with Gasteiger partial charge < -0.3 is 15.0 Å². The van der Waals surface area contributed by atoms with Crippen LogP contribution in [0.2, 0.25) is 0 Å². The Morgan fingerprint density at radius 2 is 2.05 bits per heavy atom. The number of rotatable bonds is 2. The van der Waals surface area contributed by atoms with E-state index in [-0.39, 0.29) is 18.5 Å². The van der Waals surface area contributed by atoms with E-state index in [0.717, 1.165) is 0 Å². The topological polar surface area (TPSA) is 74.2 Å². The second kappa shape index (κ2) is 6.58. The quantitative estimate of drug-likeness (QED) is 0.792. The highest BCUT2D eigenvalue weighted by Crippen LogP contribution is 2.10. The molecule has 1 aliphatic heterocycles. The van der Waals surface area contributed by atoms with Crippen LogP contribution >= 0.6 is 0 Å². The Labute approximate surface area is 120 Å². The zero-order valence-electron chi connectivity index (χ0n) is 12.9. The van der Waals surface area contributed by atoms with Gasteiger partial charge in [-0.15, -0.1) is 0 Å². The van der Waals surface area contributed by atoms with E-state index in [1.54, 1.807) is 19.0 Å². The molecular formula is C13H24N4O3. The number of ether oxygens (including phenoxy) is 1. The zero-order chi connectivity index (χ0) is 15.3. The van der Waals surface area contributed by atoms with Crippen molar-refractivity contribution in [2.45, 2.75) is 26.4 Å². The second-order valence-corrected chi connectivity index (χ2v) is 5.87. The normalized spacial score (nSPS) is 15.4. The maximum atomic E-state index is 12.0. The van der Waals surface area contributed by atoms with Gasteiger partial charge in [0.05, 0.1) is 19.6 Å². The van der Waals surface area contributed by atoms with Crippen molar-refractivity contribution < 1.29 is 14.3 Å². The highest BCUT2D eigenvalue weighted by Gasteiger charge is 2.25. The monoisotopic (exact) mass is 284 g/mol. The van der Waals surface area contributed by atoms with Gasteiger partial charge in [0.15, 0.2) is 0 Å². The van der Waals surface area contributed by atoms with Crippen LogP contribution in [0.15, 0.2) is 4.99 Å². The maximum absolute atomic E-state index is 12.0.